The van der Waals surface area contributed by atoms with E-state index in [1.54, 1.807) is 0 Å². The summed E-state index contributed by atoms with van der Waals surface area (Å²) < 4.78 is 1.08. The first-order valence-electron chi connectivity index (χ1n) is 9.69. The van der Waals surface area contributed by atoms with Crippen molar-refractivity contribution < 1.29 is 0 Å². The first kappa shape index (κ1) is 21.7. The molecule has 0 radical (unpaired) electrons. The predicted octanol–water partition coefficient (Wildman–Crippen LogP) is 6.92. The highest BCUT2D eigenvalue weighted by Gasteiger charge is 1.88. The molecule has 0 amide bonds. The van der Waals surface area contributed by atoms with E-state index >= 15 is 0 Å². The molecule has 0 saturated heterocycles. The Kier molecular flexibility index (Phi) is 8.35. The van der Waals surface area contributed by atoms with Crippen molar-refractivity contribution in [2.75, 3.05) is 0 Å². The lowest BCUT2D eigenvalue weighted by molar-refractivity contribution is 1.59. The molecule has 0 aliphatic heterocycles. The SMILES string of the molecule is Brc1ccc(C#Cc2ccccc2)cc1.C#Cc1ccc(C#Cc2ccccc2)cc1. The smallest absolute Gasteiger partial charge is 0.0249 e. The van der Waals surface area contributed by atoms with Crippen molar-refractivity contribution in [2.45, 2.75) is 0 Å². The molecule has 4 aromatic rings. The van der Waals surface area contributed by atoms with Crippen molar-refractivity contribution in [3.63, 3.8) is 0 Å². The van der Waals surface area contributed by atoms with Gasteiger partial charge in [0, 0.05) is 32.3 Å². The lowest BCUT2D eigenvalue weighted by Crippen LogP contribution is -1.77. The normalized spacial score (nSPS) is 8.90. The Labute approximate surface area is 193 Å². The van der Waals surface area contributed by atoms with Gasteiger partial charge in [0.05, 0.1) is 0 Å². The molecule has 0 aliphatic rings. The average Bonchev–Trinajstić information content (AvgIpc) is 2.84. The van der Waals surface area contributed by atoms with Gasteiger partial charge < -0.3 is 0 Å². The van der Waals surface area contributed by atoms with E-state index in [-0.39, 0.29) is 0 Å². The monoisotopic (exact) mass is 458 g/mol. The second kappa shape index (κ2) is 11.9. The van der Waals surface area contributed by atoms with E-state index in [4.69, 9.17) is 6.42 Å². The van der Waals surface area contributed by atoms with Gasteiger partial charge in [-0.05, 0) is 72.8 Å². The van der Waals surface area contributed by atoms with Crippen LogP contribution in [-0.2, 0) is 0 Å². The van der Waals surface area contributed by atoms with Gasteiger partial charge in [0.2, 0.25) is 0 Å². The minimum atomic E-state index is 0.880. The second-order valence-corrected chi connectivity index (χ2v) is 7.38. The van der Waals surface area contributed by atoms with Crippen LogP contribution in [0.15, 0.2) is 114 Å². The molecule has 0 bridgehead atoms. The molecule has 4 rings (SSSR count). The van der Waals surface area contributed by atoms with Gasteiger partial charge >= 0.3 is 0 Å². The fourth-order valence-corrected chi connectivity index (χ4v) is 2.78. The summed E-state index contributed by atoms with van der Waals surface area (Å²) in [5, 5.41) is 0. The third-order valence-electron chi connectivity index (χ3n) is 4.15. The zero-order valence-electron chi connectivity index (χ0n) is 16.8. The highest BCUT2D eigenvalue weighted by Crippen LogP contribution is 2.09. The van der Waals surface area contributed by atoms with Crippen molar-refractivity contribution >= 4 is 15.9 Å². The predicted molar refractivity (Wildman–Crippen MR) is 133 cm³/mol. The van der Waals surface area contributed by atoms with Crippen LogP contribution in [-0.4, -0.2) is 0 Å². The Morgan fingerprint density at radius 1 is 0.419 bits per heavy atom. The maximum absolute atomic E-state index is 5.28. The van der Waals surface area contributed by atoms with Crippen LogP contribution in [0.1, 0.15) is 27.8 Å². The summed E-state index contributed by atoms with van der Waals surface area (Å²) in [6.07, 6.45) is 5.28. The van der Waals surface area contributed by atoms with Gasteiger partial charge in [-0.2, -0.15) is 0 Å². The first-order valence-corrected chi connectivity index (χ1v) is 10.5. The molecule has 0 N–H and O–H groups in total. The average molecular weight is 459 g/mol. The first-order chi connectivity index (χ1) is 15.2. The quantitative estimate of drug-likeness (QED) is 0.251. The third kappa shape index (κ3) is 7.76. The number of hydrogen-bond acceptors (Lipinski definition) is 0. The molecule has 4 aromatic carbocycles. The maximum atomic E-state index is 5.28. The molecular formula is C30H19Br. The number of rotatable bonds is 0. The molecule has 146 valence electrons. The zero-order valence-corrected chi connectivity index (χ0v) is 18.4. The highest BCUT2D eigenvalue weighted by atomic mass is 79.9. The van der Waals surface area contributed by atoms with Gasteiger partial charge in [0.25, 0.3) is 0 Å². The van der Waals surface area contributed by atoms with E-state index in [9.17, 15) is 0 Å². The molecule has 0 nitrogen and oxygen atoms in total. The molecule has 0 unspecified atom stereocenters. The molecule has 0 aromatic heterocycles. The lowest BCUT2D eigenvalue weighted by Gasteiger charge is -1.91. The van der Waals surface area contributed by atoms with Gasteiger partial charge in [-0.1, -0.05) is 81.9 Å². The van der Waals surface area contributed by atoms with Crippen LogP contribution in [0.3, 0.4) is 0 Å². The molecule has 0 spiro atoms. The molecule has 0 aliphatic carbocycles. The van der Waals surface area contributed by atoms with E-state index in [1.807, 2.05) is 109 Å². The zero-order chi connectivity index (χ0) is 21.7. The van der Waals surface area contributed by atoms with Gasteiger partial charge in [-0.3, -0.25) is 0 Å². The fourth-order valence-electron chi connectivity index (χ4n) is 2.51. The van der Waals surface area contributed by atoms with Crippen LogP contribution >= 0.6 is 15.9 Å². The summed E-state index contributed by atoms with van der Waals surface area (Å²) >= 11 is 3.39. The summed E-state index contributed by atoms with van der Waals surface area (Å²) in [4.78, 5) is 0. The summed E-state index contributed by atoms with van der Waals surface area (Å²) in [5.74, 6) is 15.0. The van der Waals surface area contributed by atoms with E-state index in [0.29, 0.717) is 0 Å². The van der Waals surface area contributed by atoms with Gasteiger partial charge in [0.1, 0.15) is 0 Å². The molecule has 0 heterocycles. The van der Waals surface area contributed by atoms with Crippen molar-refractivity contribution in [1.82, 2.24) is 0 Å². The minimum absolute atomic E-state index is 0.880. The van der Waals surface area contributed by atoms with Gasteiger partial charge in [-0.25, -0.2) is 0 Å². The Morgan fingerprint density at radius 3 is 1.13 bits per heavy atom. The van der Waals surface area contributed by atoms with Crippen molar-refractivity contribution in [1.29, 1.82) is 0 Å². The van der Waals surface area contributed by atoms with E-state index in [2.05, 4.69) is 45.5 Å². The molecule has 1 heteroatoms. The molecule has 0 saturated carbocycles. The van der Waals surface area contributed by atoms with Crippen LogP contribution in [0.2, 0.25) is 0 Å². The van der Waals surface area contributed by atoms with Crippen molar-refractivity contribution in [3.8, 4) is 36.0 Å². The van der Waals surface area contributed by atoms with Crippen LogP contribution in [0.25, 0.3) is 0 Å². The highest BCUT2D eigenvalue weighted by molar-refractivity contribution is 9.10. The molecule has 0 atom stereocenters. The summed E-state index contributed by atoms with van der Waals surface area (Å²) in [6.45, 7) is 0. The maximum Gasteiger partial charge on any atom is 0.0249 e. The number of terminal acetylenes is 1. The van der Waals surface area contributed by atoms with Crippen LogP contribution in [0.4, 0.5) is 0 Å². The fraction of sp³-hybridized carbons (Fsp3) is 0. The molecule has 31 heavy (non-hydrogen) atoms. The van der Waals surface area contributed by atoms with Crippen LogP contribution in [0.5, 0.6) is 0 Å². The topological polar surface area (TPSA) is 0 Å². The number of hydrogen-bond donors (Lipinski definition) is 0. The minimum Gasteiger partial charge on any atom is -0.115 e. The van der Waals surface area contributed by atoms with Gasteiger partial charge in [0.15, 0.2) is 0 Å². The van der Waals surface area contributed by atoms with Crippen molar-refractivity contribution in [2.24, 2.45) is 0 Å². The van der Waals surface area contributed by atoms with E-state index in [1.165, 1.54) is 0 Å². The van der Waals surface area contributed by atoms with Crippen LogP contribution in [0, 0.1) is 36.0 Å². The molecular weight excluding hydrogens is 440 g/mol. The standard InChI is InChI=1S/C16H10.C14H9Br/c1-2-14-8-10-16(11-9-14)13-12-15-6-4-3-5-7-15;15-14-10-8-13(9-11-14)7-6-12-4-2-1-3-5-12/h1,3-11H;1-5,8-11H. The Balaban J connectivity index is 0.000000176. The summed E-state index contributed by atoms with van der Waals surface area (Å²) in [5.41, 5.74) is 4.94. The summed E-state index contributed by atoms with van der Waals surface area (Å²) in [6, 6.07) is 35.6. The van der Waals surface area contributed by atoms with E-state index < -0.39 is 0 Å². The number of halogens is 1. The largest absolute Gasteiger partial charge is 0.115 e. The lowest BCUT2D eigenvalue weighted by atomic mass is 10.1. The summed E-state index contributed by atoms with van der Waals surface area (Å²) in [7, 11) is 0. The number of benzene rings is 4. The third-order valence-corrected chi connectivity index (χ3v) is 4.67. The van der Waals surface area contributed by atoms with Crippen LogP contribution < -0.4 is 0 Å². The molecule has 0 fully saturated rings. The second-order valence-electron chi connectivity index (χ2n) is 6.46. The Bertz CT molecular complexity index is 1250. The Hall–Kier alpha value is -3.96. The van der Waals surface area contributed by atoms with E-state index in [0.717, 1.165) is 32.3 Å². The Morgan fingerprint density at radius 2 is 0.742 bits per heavy atom. The van der Waals surface area contributed by atoms with Gasteiger partial charge in [-0.15, -0.1) is 6.42 Å². The van der Waals surface area contributed by atoms with Crippen molar-refractivity contribution in [3.05, 3.63) is 141 Å².